The average molecular weight is 235 g/mol. The molecule has 1 N–H and O–H groups in total. The van der Waals surface area contributed by atoms with Crippen LogP contribution >= 0.6 is 0 Å². The van der Waals surface area contributed by atoms with Crippen molar-refractivity contribution in [2.75, 3.05) is 19.7 Å². The summed E-state index contributed by atoms with van der Waals surface area (Å²) in [6.45, 7) is 1.85. The number of hydrogen-bond acceptors (Lipinski definition) is 5. The van der Waals surface area contributed by atoms with Crippen LogP contribution in [0.3, 0.4) is 0 Å². The number of carbonyl (C=O) groups excluding carboxylic acids is 1. The highest BCUT2D eigenvalue weighted by Gasteiger charge is 2.24. The highest BCUT2D eigenvalue weighted by molar-refractivity contribution is 5.93. The van der Waals surface area contributed by atoms with Gasteiger partial charge in [-0.25, -0.2) is 4.98 Å². The molecule has 1 atom stereocenters. The Morgan fingerprint density at radius 2 is 2.41 bits per heavy atom. The maximum Gasteiger partial charge on any atom is 0.184 e. The molecule has 0 bridgehead atoms. The van der Waals surface area contributed by atoms with Gasteiger partial charge >= 0.3 is 0 Å². The van der Waals surface area contributed by atoms with E-state index >= 15 is 0 Å². The van der Waals surface area contributed by atoms with Crippen molar-refractivity contribution < 1.29 is 9.90 Å². The molecule has 0 radical (unpaired) electrons. The molecule has 17 heavy (non-hydrogen) atoms. The molecule has 2 rings (SSSR count). The Labute approximate surface area is 100 Å². The molecule has 2 heterocycles. The lowest BCUT2D eigenvalue weighted by atomic mass is 10.2. The molecule has 1 aliphatic heterocycles. The number of ketones is 1. The molecule has 0 spiro atoms. The third-order valence-corrected chi connectivity index (χ3v) is 3.18. The highest BCUT2D eigenvalue weighted by atomic mass is 16.3. The Bertz CT molecular complexity index is 369. The van der Waals surface area contributed by atoms with Crippen LogP contribution in [-0.2, 0) is 0 Å². The monoisotopic (exact) mass is 235 g/mol. The molecule has 1 saturated heterocycles. The molecule has 0 amide bonds. The van der Waals surface area contributed by atoms with E-state index in [9.17, 15) is 4.79 Å². The van der Waals surface area contributed by atoms with Gasteiger partial charge in [-0.05, 0) is 19.4 Å². The van der Waals surface area contributed by atoms with Gasteiger partial charge in [0.15, 0.2) is 5.78 Å². The van der Waals surface area contributed by atoms with Crippen molar-refractivity contribution in [3.05, 3.63) is 24.3 Å². The number of aliphatic hydroxyl groups is 1. The minimum atomic E-state index is 0.0155. The summed E-state index contributed by atoms with van der Waals surface area (Å²) in [6.07, 6.45) is 7.14. The lowest BCUT2D eigenvalue weighted by Gasteiger charge is -2.21. The summed E-state index contributed by atoms with van der Waals surface area (Å²) in [6, 6.07) is 0.227. The molecule has 1 fully saturated rings. The number of aromatic nitrogens is 2. The molecular weight excluding hydrogens is 218 g/mol. The summed E-state index contributed by atoms with van der Waals surface area (Å²) in [7, 11) is 0. The van der Waals surface area contributed by atoms with E-state index in [1.807, 2.05) is 0 Å². The average Bonchev–Trinajstić information content (AvgIpc) is 2.84. The molecule has 1 aromatic rings. The third-order valence-electron chi connectivity index (χ3n) is 3.18. The van der Waals surface area contributed by atoms with E-state index in [1.165, 1.54) is 12.4 Å². The van der Waals surface area contributed by atoms with Crippen molar-refractivity contribution in [2.45, 2.75) is 25.3 Å². The van der Waals surface area contributed by atoms with Gasteiger partial charge in [0.25, 0.3) is 0 Å². The molecule has 92 valence electrons. The highest BCUT2D eigenvalue weighted by Crippen LogP contribution is 2.16. The van der Waals surface area contributed by atoms with Gasteiger partial charge in [0.1, 0.15) is 5.69 Å². The first-order chi connectivity index (χ1) is 8.31. The molecule has 5 heteroatoms. The van der Waals surface area contributed by atoms with E-state index < -0.39 is 0 Å². The van der Waals surface area contributed by atoms with Crippen LogP contribution < -0.4 is 0 Å². The summed E-state index contributed by atoms with van der Waals surface area (Å²) in [5.74, 6) is 0.0155. The van der Waals surface area contributed by atoms with Crippen LogP contribution in [0.2, 0.25) is 0 Å². The largest absolute Gasteiger partial charge is 0.395 e. The number of hydrogen-bond donors (Lipinski definition) is 1. The van der Waals surface area contributed by atoms with Crippen molar-refractivity contribution in [3.63, 3.8) is 0 Å². The van der Waals surface area contributed by atoms with E-state index in [4.69, 9.17) is 5.11 Å². The van der Waals surface area contributed by atoms with Crippen molar-refractivity contribution in [3.8, 4) is 0 Å². The lowest BCUT2D eigenvalue weighted by Crippen LogP contribution is -2.34. The summed E-state index contributed by atoms with van der Waals surface area (Å²) >= 11 is 0. The molecule has 0 aliphatic carbocycles. The summed E-state index contributed by atoms with van der Waals surface area (Å²) in [4.78, 5) is 21.8. The van der Waals surface area contributed by atoms with E-state index in [1.54, 1.807) is 6.20 Å². The maximum absolute atomic E-state index is 11.8. The van der Waals surface area contributed by atoms with Gasteiger partial charge in [-0.2, -0.15) is 0 Å². The Balaban J connectivity index is 1.84. The molecule has 1 aliphatic rings. The van der Waals surface area contributed by atoms with E-state index in [0.717, 1.165) is 19.4 Å². The minimum absolute atomic E-state index is 0.0155. The maximum atomic E-state index is 11.8. The number of Topliss-reactive ketones (excluding diaryl/α,β-unsaturated/α-hetero) is 1. The van der Waals surface area contributed by atoms with Gasteiger partial charge in [0.05, 0.1) is 12.8 Å². The van der Waals surface area contributed by atoms with Gasteiger partial charge in [0.2, 0.25) is 0 Å². The number of rotatable bonds is 5. The van der Waals surface area contributed by atoms with Gasteiger partial charge in [-0.1, -0.05) is 0 Å². The van der Waals surface area contributed by atoms with E-state index in [-0.39, 0.29) is 18.4 Å². The fourth-order valence-electron chi connectivity index (χ4n) is 2.21. The normalized spacial score (nSPS) is 20.6. The molecule has 1 unspecified atom stereocenters. The van der Waals surface area contributed by atoms with Crippen molar-refractivity contribution in [1.29, 1.82) is 0 Å². The zero-order valence-corrected chi connectivity index (χ0v) is 9.75. The number of likely N-dealkylation sites (tertiary alicyclic amines) is 1. The second-order valence-corrected chi connectivity index (χ2v) is 4.28. The van der Waals surface area contributed by atoms with Crippen molar-refractivity contribution in [1.82, 2.24) is 14.9 Å². The molecule has 0 saturated carbocycles. The molecule has 1 aromatic heterocycles. The van der Waals surface area contributed by atoms with Gasteiger partial charge < -0.3 is 5.11 Å². The quantitative estimate of drug-likeness (QED) is 0.753. The second kappa shape index (κ2) is 5.84. The summed E-state index contributed by atoms with van der Waals surface area (Å²) in [5, 5.41) is 9.17. The molecular formula is C12H17N3O2. The Hall–Kier alpha value is -1.33. The van der Waals surface area contributed by atoms with Gasteiger partial charge in [-0.15, -0.1) is 0 Å². The Morgan fingerprint density at radius 1 is 1.53 bits per heavy atom. The van der Waals surface area contributed by atoms with Crippen LogP contribution in [0.5, 0.6) is 0 Å². The van der Waals surface area contributed by atoms with Gasteiger partial charge in [-0.3, -0.25) is 14.7 Å². The van der Waals surface area contributed by atoms with E-state index in [2.05, 4.69) is 14.9 Å². The predicted octanol–water partition coefficient (Wildman–Crippen LogP) is 0.506. The minimum Gasteiger partial charge on any atom is -0.395 e. The first-order valence-corrected chi connectivity index (χ1v) is 5.95. The fourth-order valence-corrected chi connectivity index (χ4v) is 2.21. The third kappa shape index (κ3) is 3.08. The zero-order valence-electron chi connectivity index (χ0n) is 9.75. The van der Waals surface area contributed by atoms with E-state index in [0.29, 0.717) is 18.7 Å². The van der Waals surface area contributed by atoms with Gasteiger partial charge in [0, 0.05) is 31.4 Å². The second-order valence-electron chi connectivity index (χ2n) is 4.28. The zero-order chi connectivity index (χ0) is 12.1. The van der Waals surface area contributed by atoms with Crippen LogP contribution in [0.25, 0.3) is 0 Å². The smallest absolute Gasteiger partial charge is 0.184 e. The number of aliphatic hydroxyl groups excluding tert-OH is 1. The topological polar surface area (TPSA) is 66.3 Å². The predicted molar refractivity (Wildman–Crippen MR) is 62.7 cm³/mol. The Kier molecular flexibility index (Phi) is 4.17. The lowest BCUT2D eigenvalue weighted by molar-refractivity contribution is 0.0940. The summed E-state index contributed by atoms with van der Waals surface area (Å²) in [5.41, 5.74) is 0.423. The Morgan fingerprint density at radius 3 is 3.12 bits per heavy atom. The first-order valence-electron chi connectivity index (χ1n) is 5.95. The number of carbonyl (C=O) groups is 1. The fraction of sp³-hybridized carbons (Fsp3) is 0.583. The standard InChI is InChI=1S/C12H17N3O2/c16-9-10-2-1-6-15(10)7-3-12(17)11-8-13-4-5-14-11/h4-5,8,10,16H,1-3,6-7,9H2. The van der Waals surface area contributed by atoms with Crippen molar-refractivity contribution >= 4 is 5.78 Å². The van der Waals surface area contributed by atoms with Crippen LogP contribution in [0.4, 0.5) is 0 Å². The van der Waals surface area contributed by atoms with Crippen LogP contribution in [0.15, 0.2) is 18.6 Å². The SMILES string of the molecule is O=C(CCN1CCCC1CO)c1cnccn1. The number of nitrogens with zero attached hydrogens (tertiary/aromatic N) is 3. The van der Waals surface area contributed by atoms with Crippen LogP contribution in [-0.4, -0.2) is 51.5 Å². The molecule has 5 nitrogen and oxygen atoms in total. The summed E-state index contributed by atoms with van der Waals surface area (Å²) < 4.78 is 0. The van der Waals surface area contributed by atoms with Crippen molar-refractivity contribution in [2.24, 2.45) is 0 Å². The van der Waals surface area contributed by atoms with Crippen LogP contribution in [0.1, 0.15) is 29.8 Å². The molecule has 0 aromatic carbocycles. The van der Waals surface area contributed by atoms with Crippen LogP contribution in [0, 0.1) is 0 Å². The first kappa shape index (κ1) is 12.1.